The van der Waals surface area contributed by atoms with Crippen molar-refractivity contribution >= 4 is 22.8 Å². The van der Waals surface area contributed by atoms with Gasteiger partial charge in [-0.2, -0.15) is 0 Å². The highest BCUT2D eigenvalue weighted by Gasteiger charge is 2.13. The number of furan rings is 1. The predicted molar refractivity (Wildman–Crippen MR) is 85.3 cm³/mol. The Morgan fingerprint density at radius 1 is 1.00 bits per heavy atom. The summed E-state index contributed by atoms with van der Waals surface area (Å²) in [6, 6.07) is 17.8. The van der Waals surface area contributed by atoms with Gasteiger partial charge in [0.05, 0.1) is 6.54 Å². The number of fused-ring (bicyclic) bond motifs is 1. The summed E-state index contributed by atoms with van der Waals surface area (Å²) in [7, 11) is 0. The van der Waals surface area contributed by atoms with Crippen molar-refractivity contribution in [3.05, 3.63) is 72.0 Å². The fraction of sp³-hybridized carbons (Fsp3) is 0.111. The number of esters is 1. The highest BCUT2D eigenvalue weighted by molar-refractivity contribution is 5.94. The summed E-state index contributed by atoms with van der Waals surface area (Å²) in [5.41, 5.74) is 1.20. The van der Waals surface area contributed by atoms with Gasteiger partial charge in [0, 0.05) is 10.9 Å². The molecular formula is C18H15NO4. The van der Waals surface area contributed by atoms with Crippen molar-refractivity contribution in [1.29, 1.82) is 0 Å². The standard InChI is InChI=1S/C18H15NO4/c20-17(13-6-2-1-3-7-13)19-10-11-22-18(21)16-12-14-8-4-5-9-15(14)23-16/h1-9,12H,10-11H2,(H,19,20). The van der Waals surface area contributed by atoms with Crippen LogP contribution in [0.25, 0.3) is 11.0 Å². The number of hydrogen-bond donors (Lipinski definition) is 1. The van der Waals surface area contributed by atoms with Gasteiger partial charge < -0.3 is 14.5 Å². The second-order valence-corrected chi connectivity index (χ2v) is 4.91. The molecule has 116 valence electrons. The third-order valence-corrected chi connectivity index (χ3v) is 3.28. The molecule has 0 saturated heterocycles. The number of hydrogen-bond acceptors (Lipinski definition) is 4. The van der Waals surface area contributed by atoms with E-state index >= 15 is 0 Å². The van der Waals surface area contributed by atoms with Crippen LogP contribution < -0.4 is 5.32 Å². The number of rotatable bonds is 5. The van der Waals surface area contributed by atoms with Gasteiger partial charge in [-0.25, -0.2) is 4.79 Å². The molecule has 2 aromatic carbocycles. The molecule has 0 aliphatic rings. The number of amides is 1. The van der Waals surface area contributed by atoms with Gasteiger partial charge >= 0.3 is 5.97 Å². The highest BCUT2D eigenvalue weighted by Crippen LogP contribution is 2.19. The number of benzene rings is 2. The first-order valence-corrected chi connectivity index (χ1v) is 7.23. The Balaban J connectivity index is 1.49. The molecule has 0 bridgehead atoms. The van der Waals surface area contributed by atoms with E-state index in [0.717, 1.165) is 5.39 Å². The van der Waals surface area contributed by atoms with Crippen molar-refractivity contribution in [2.24, 2.45) is 0 Å². The number of para-hydroxylation sites is 1. The van der Waals surface area contributed by atoms with Crippen LogP contribution in [0.4, 0.5) is 0 Å². The van der Waals surface area contributed by atoms with E-state index in [1.807, 2.05) is 24.3 Å². The van der Waals surface area contributed by atoms with Crippen molar-refractivity contribution in [2.45, 2.75) is 0 Å². The molecule has 1 aromatic heterocycles. The minimum Gasteiger partial charge on any atom is -0.458 e. The Morgan fingerprint density at radius 3 is 2.52 bits per heavy atom. The van der Waals surface area contributed by atoms with Gasteiger partial charge in [0.2, 0.25) is 5.76 Å². The van der Waals surface area contributed by atoms with E-state index in [1.165, 1.54) is 0 Å². The van der Waals surface area contributed by atoms with Crippen LogP contribution in [0.3, 0.4) is 0 Å². The van der Waals surface area contributed by atoms with Crippen molar-refractivity contribution < 1.29 is 18.7 Å². The van der Waals surface area contributed by atoms with Gasteiger partial charge in [0.1, 0.15) is 12.2 Å². The molecule has 0 atom stereocenters. The summed E-state index contributed by atoms with van der Waals surface area (Å²) in [6.07, 6.45) is 0. The summed E-state index contributed by atoms with van der Waals surface area (Å²) in [4.78, 5) is 23.7. The van der Waals surface area contributed by atoms with E-state index in [9.17, 15) is 9.59 Å². The third-order valence-electron chi connectivity index (χ3n) is 3.28. The van der Waals surface area contributed by atoms with Crippen molar-refractivity contribution in [2.75, 3.05) is 13.2 Å². The second kappa shape index (κ2) is 6.79. The lowest BCUT2D eigenvalue weighted by Crippen LogP contribution is -2.27. The van der Waals surface area contributed by atoms with E-state index in [1.54, 1.807) is 36.4 Å². The molecule has 0 spiro atoms. The van der Waals surface area contributed by atoms with Crippen molar-refractivity contribution in [3.8, 4) is 0 Å². The normalized spacial score (nSPS) is 10.4. The number of nitrogens with one attached hydrogen (secondary N) is 1. The average molecular weight is 309 g/mol. The molecule has 0 aliphatic heterocycles. The Hall–Kier alpha value is -3.08. The van der Waals surface area contributed by atoms with Crippen molar-refractivity contribution in [1.82, 2.24) is 5.32 Å². The Morgan fingerprint density at radius 2 is 1.74 bits per heavy atom. The topological polar surface area (TPSA) is 68.5 Å². The van der Waals surface area contributed by atoms with E-state index in [2.05, 4.69) is 5.32 Å². The van der Waals surface area contributed by atoms with Gasteiger partial charge in [-0.1, -0.05) is 36.4 Å². The van der Waals surface area contributed by atoms with Crippen LogP contribution in [0.15, 0.2) is 65.1 Å². The summed E-state index contributed by atoms with van der Waals surface area (Å²) < 4.78 is 10.5. The molecule has 0 fully saturated rings. The lowest BCUT2D eigenvalue weighted by molar-refractivity contribution is 0.0470. The first kappa shape index (κ1) is 14.8. The quantitative estimate of drug-likeness (QED) is 0.581. The van der Waals surface area contributed by atoms with Gasteiger partial charge in [-0.3, -0.25) is 4.79 Å². The number of ether oxygens (including phenoxy) is 1. The van der Waals surface area contributed by atoms with Crippen LogP contribution in [0, 0.1) is 0 Å². The van der Waals surface area contributed by atoms with Crippen LogP contribution >= 0.6 is 0 Å². The molecule has 1 amide bonds. The first-order valence-electron chi connectivity index (χ1n) is 7.23. The number of carbonyl (C=O) groups is 2. The maximum atomic E-state index is 11.9. The van der Waals surface area contributed by atoms with E-state index in [0.29, 0.717) is 11.1 Å². The fourth-order valence-corrected chi connectivity index (χ4v) is 2.15. The molecule has 0 aliphatic carbocycles. The molecule has 3 rings (SSSR count). The van der Waals surface area contributed by atoms with Gasteiger partial charge in [0.25, 0.3) is 5.91 Å². The van der Waals surface area contributed by atoms with E-state index < -0.39 is 5.97 Å². The minimum absolute atomic E-state index is 0.0778. The summed E-state index contributed by atoms with van der Waals surface area (Å²) in [5.74, 6) is -0.596. The fourth-order valence-electron chi connectivity index (χ4n) is 2.15. The summed E-state index contributed by atoms with van der Waals surface area (Å²) >= 11 is 0. The molecule has 1 heterocycles. The zero-order valence-corrected chi connectivity index (χ0v) is 12.3. The minimum atomic E-state index is -0.546. The maximum Gasteiger partial charge on any atom is 0.374 e. The molecule has 0 saturated carbocycles. The predicted octanol–water partition coefficient (Wildman–Crippen LogP) is 3.02. The van der Waals surface area contributed by atoms with Gasteiger partial charge in [-0.05, 0) is 24.3 Å². The Labute approximate surface area is 132 Å². The van der Waals surface area contributed by atoms with Crippen LogP contribution in [0.1, 0.15) is 20.9 Å². The summed E-state index contributed by atoms with van der Waals surface area (Å²) in [5, 5.41) is 3.53. The van der Waals surface area contributed by atoms with E-state index in [4.69, 9.17) is 9.15 Å². The van der Waals surface area contributed by atoms with Gasteiger partial charge in [-0.15, -0.1) is 0 Å². The molecule has 0 unspecified atom stereocenters. The van der Waals surface area contributed by atoms with E-state index in [-0.39, 0.29) is 24.8 Å². The highest BCUT2D eigenvalue weighted by atomic mass is 16.5. The molecule has 5 heteroatoms. The van der Waals surface area contributed by atoms with Crippen LogP contribution in [0.2, 0.25) is 0 Å². The molecule has 0 radical (unpaired) electrons. The largest absolute Gasteiger partial charge is 0.458 e. The zero-order chi connectivity index (χ0) is 16.1. The SMILES string of the molecule is O=C(NCCOC(=O)c1cc2ccccc2o1)c1ccccc1. The molecule has 3 aromatic rings. The third kappa shape index (κ3) is 3.58. The molecule has 1 N–H and O–H groups in total. The van der Waals surface area contributed by atoms with Crippen LogP contribution in [0.5, 0.6) is 0 Å². The maximum absolute atomic E-state index is 11.9. The molecular weight excluding hydrogens is 294 g/mol. The number of carbonyl (C=O) groups excluding carboxylic acids is 2. The Bertz CT molecular complexity index is 790. The van der Waals surface area contributed by atoms with Crippen LogP contribution in [-0.2, 0) is 4.74 Å². The lowest BCUT2D eigenvalue weighted by atomic mass is 10.2. The lowest BCUT2D eigenvalue weighted by Gasteiger charge is -2.05. The Kier molecular flexibility index (Phi) is 4.38. The van der Waals surface area contributed by atoms with Gasteiger partial charge in [0.15, 0.2) is 0 Å². The summed E-state index contributed by atoms with van der Waals surface area (Å²) in [6.45, 7) is 0.314. The molecule has 23 heavy (non-hydrogen) atoms. The average Bonchev–Trinajstić information content (AvgIpc) is 3.03. The monoisotopic (exact) mass is 309 g/mol. The zero-order valence-electron chi connectivity index (χ0n) is 12.3. The van der Waals surface area contributed by atoms with Crippen molar-refractivity contribution in [3.63, 3.8) is 0 Å². The van der Waals surface area contributed by atoms with Crippen LogP contribution in [-0.4, -0.2) is 25.0 Å². The molecule has 5 nitrogen and oxygen atoms in total. The first-order chi connectivity index (χ1) is 11.2. The smallest absolute Gasteiger partial charge is 0.374 e. The second-order valence-electron chi connectivity index (χ2n) is 4.91.